The zero-order valence-electron chi connectivity index (χ0n) is 44.8. The van der Waals surface area contributed by atoms with Crippen LogP contribution in [-0.2, 0) is 26.5 Å². The fourth-order valence-electron chi connectivity index (χ4n) is 11.2. The minimum absolute atomic E-state index is 0. The molecule has 0 N–H and O–H groups in total. The number of ether oxygens (including phenoxy) is 1. The minimum Gasteiger partial charge on any atom is -0.509 e. The molecule has 1 aliphatic heterocycles. The summed E-state index contributed by atoms with van der Waals surface area (Å²) in [5.41, 5.74) is 14.2. The molecule has 13 rings (SSSR count). The zero-order chi connectivity index (χ0) is 53.6. The Bertz CT molecular complexity index is 4390. The van der Waals surface area contributed by atoms with Gasteiger partial charge in [-0.1, -0.05) is 167 Å². The van der Waals surface area contributed by atoms with Crippen LogP contribution < -0.4 is 13.9 Å². The van der Waals surface area contributed by atoms with Crippen molar-refractivity contribution in [2.24, 2.45) is 0 Å². The molecule has 0 amide bonds. The Labute approximate surface area is 473 Å². The number of nitrogens with zero attached hydrogens (tertiary/aromatic N) is 5. The Balaban J connectivity index is 0.00000623. The van der Waals surface area contributed by atoms with Gasteiger partial charge in [0.05, 0.1) is 22.2 Å². The van der Waals surface area contributed by atoms with Crippen LogP contribution in [0.1, 0.15) is 77.0 Å². The molecule has 9 aromatic carbocycles. The summed E-state index contributed by atoms with van der Waals surface area (Å²) in [4.78, 5) is 4.92. The smallest absolute Gasteiger partial charge is 0.509 e. The first-order chi connectivity index (χ1) is 37.7. The Kier molecular flexibility index (Phi) is 13.0. The van der Waals surface area contributed by atoms with Crippen LogP contribution in [0.2, 0.25) is 0 Å². The van der Waals surface area contributed by atoms with E-state index < -0.39 is 11.6 Å². The van der Waals surface area contributed by atoms with Crippen molar-refractivity contribution in [1.29, 1.82) is 0 Å². The number of rotatable bonds is 10. The van der Waals surface area contributed by atoms with Crippen LogP contribution in [0.4, 0.5) is 31.5 Å². The number of fused-ring (bicyclic) bond motifs is 7. The molecular weight excluding hydrogens is 1160 g/mol. The van der Waals surface area contributed by atoms with Gasteiger partial charge in [-0.15, -0.1) is 23.6 Å². The zero-order valence-corrected chi connectivity index (χ0v) is 47.1. The van der Waals surface area contributed by atoms with Gasteiger partial charge in [-0.25, -0.2) is 13.8 Å². The molecule has 3 aromatic heterocycles. The van der Waals surface area contributed by atoms with Crippen LogP contribution in [0.5, 0.6) is 11.5 Å². The van der Waals surface area contributed by atoms with E-state index in [1.807, 2.05) is 51.7 Å². The van der Waals surface area contributed by atoms with Gasteiger partial charge in [-0.3, -0.25) is 0 Å². The van der Waals surface area contributed by atoms with Gasteiger partial charge in [-0.2, -0.15) is 6.07 Å². The summed E-state index contributed by atoms with van der Waals surface area (Å²) in [6, 6.07) is 73.5. The first-order valence-electron chi connectivity index (χ1n) is 26.6. The summed E-state index contributed by atoms with van der Waals surface area (Å²) in [5, 5.41) is 4.36. The molecule has 0 saturated heterocycles. The van der Waals surface area contributed by atoms with Gasteiger partial charge in [0.2, 0.25) is 5.69 Å². The van der Waals surface area contributed by atoms with E-state index in [1.165, 1.54) is 28.8 Å². The predicted octanol–water partition coefficient (Wildman–Crippen LogP) is 18.7. The first kappa shape index (κ1) is 51.2. The third-order valence-corrected chi connectivity index (χ3v) is 15.1. The minimum atomic E-state index is -0.657. The third kappa shape index (κ3) is 9.09. The summed E-state index contributed by atoms with van der Waals surface area (Å²) < 4.78 is 46.3. The summed E-state index contributed by atoms with van der Waals surface area (Å²) in [7, 11) is 0. The Hall–Kier alpha value is -8.54. The number of pyridine rings is 1. The van der Waals surface area contributed by atoms with Gasteiger partial charge in [0.1, 0.15) is 23.1 Å². The molecule has 0 bridgehead atoms. The molecule has 0 fully saturated rings. The number of benzene rings is 9. The largest absolute Gasteiger partial charge is 2.00 e. The monoisotopic (exact) mass is 1210 g/mol. The molecule has 9 heteroatoms. The van der Waals surface area contributed by atoms with Gasteiger partial charge in [0.15, 0.2) is 0 Å². The predicted molar refractivity (Wildman–Crippen MR) is 316 cm³/mol. The van der Waals surface area contributed by atoms with Crippen molar-refractivity contribution in [2.45, 2.75) is 65.7 Å². The molecular formula is C70H55F2N5OPt+2. The van der Waals surface area contributed by atoms with Gasteiger partial charge in [-0.05, 0) is 110 Å². The summed E-state index contributed by atoms with van der Waals surface area (Å²) in [6.45, 7) is 15.4. The van der Waals surface area contributed by atoms with E-state index in [-0.39, 0.29) is 38.3 Å². The first-order valence-corrected chi connectivity index (χ1v) is 26.6. The quantitative estimate of drug-likeness (QED) is 0.101. The van der Waals surface area contributed by atoms with Crippen molar-refractivity contribution in [1.82, 2.24) is 23.3 Å². The molecule has 79 heavy (non-hydrogen) atoms. The maximum Gasteiger partial charge on any atom is 2.00 e. The molecule has 0 saturated carbocycles. The van der Waals surface area contributed by atoms with Crippen LogP contribution in [0.15, 0.2) is 194 Å². The number of hydrogen-bond acceptors (Lipinski definition) is 2. The van der Waals surface area contributed by atoms with Crippen molar-refractivity contribution in [3.8, 4) is 45.3 Å². The molecule has 0 unspecified atom stereocenters. The average Bonchev–Trinajstić information content (AvgIpc) is 4.34. The Morgan fingerprint density at radius 3 is 1.70 bits per heavy atom. The van der Waals surface area contributed by atoms with Crippen molar-refractivity contribution >= 4 is 72.4 Å². The molecule has 4 heterocycles. The maximum absolute atomic E-state index is 15.4. The molecule has 388 valence electrons. The maximum atomic E-state index is 15.4. The molecule has 0 spiro atoms. The molecule has 6 nitrogen and oxygen atoms in total. The number of aromatic nitrogens is 3. The van der Waals surface area contributed by atoms with Crippen LogP contribution >= 0.6 is 0 Å². The van der Waals surface area contributed by atoms with E-state index in [1.54, 1.807) is 0 Å². The van der Waals surface area contributed by atoms with Gasteiger partial charge in [0.25, 0.3) is 11.4 Å². The fourth-order valence-corrected chi connectivity index (χ4v) is 11.2. The van der Waals surface area contributed by atoms with Crippen LogP contribution in [0.3, 0.4) is 0 Å². The van der Waals surface area contributed by atoms with E-state index in [0.29, 0.717) is 28.3 Å². The second-order valence-electron chi connectivity index (χ2n) is 22.0. The van der Waals surface area contributed by atoms with Crippen molar-refractivity contribution in [2.75, 3.05) is 0 Å². The average molecular weight is 1220 g/mol. The van der Waals surface area contributed by atoms with Crippen molar-refractivity contribution < 1.29 is 34.6 Å². The molecule has 1 aliphatic rings. The Morgan fingerprint density at radius 1 is 0.532 bits per heavy atom. The van der Waals surface area contributed by atoms with E-state index in [4.69, 9.17) is 9.72 Å². The SMILES string of the molecule is CC(C)c1cc(-c2cccc(-c3cc(F)cc(F)c3)c2[N+]2=C=[N+](c3[c-]c(Oc4[c-]c5c(cc4)c4ccccc4n5-c4cc(C(C)(C)C)ccn4)cc(-n4c5ccccc5c5ccccc54)c3)c3ccccc32)cc(C(C)C)c1.[Pt+2]. The van der Waals surface area contributed by atoms with Gasteiger partial charge < -0.3 is 13.9 Å². The second-order valence-corrected chi connectivity index (χ2v) is 22.0. The number of para-hydroxylation sites is 6. The van der Waals surface area contributed by atoms with Crippen LogP contribution in [0, 0.1) is 23.8 Å². The van der Waals surface area contributed by atoms with E-state index in [9.17, 15) is 0 Å². The molecule has 0 aliphatic carbocycles. The summed E-state index contributed by atoms with van der Waals surface area (Å²) in [6.07, 6.45) is 1.88. The summed E-state index contributed by atoms with van der Waals surface area (Å²) >= 11 is 0. The number of halogens is 2. The van der Waals surface area contributed by atoms with Gasteiger partial charge in [0, 0.05) is 52.2 Å². The second kappa shape index (κ2) is 20.0. The molecule has 0 radical (unpaired) electrons. The van der Waals surface area contributed by atoms with E-state index in [0.717, 1.165) is 89.4 Å². The van der Waals surface area contributed by atoms with Gasteiger partial charge >= 0.3 is 27.1 Å². The topological polar surface area (TPSA) is 38.0 Å². The fraction of sp³-hybridized carbons (Fsp3) is 0.143. The van der Waals surface area contributed by atoms with Crippen molar-refractivity contribution in [3.63, 3.8) is 0 Å². The van der Waals surface area contributed by atoms with E-state index in [2.05, 4.69) is 209 Å². The number of hydrogen-bond donors (Lipinski definition) is 0. The van der Waals surface area contributed by atoms with Crippen LogP contribution in [-0.4, -0.2) is 20.1 Å². The molecule has 0 atom stereocenters. The molecule has 12 aromatic rings. The van der Waals surface area contributed by atoms with Crippen LogP contribution in [0.25, 0.3) is 77.4 Å². The van der Waals surface area contributed by atoms with Crippen molar-refractivity contribution in [3.05, 3.63) is 235 Å². The third-order valence-electron chi connectivity index (χ3n) is 15.1. The normalized spacial score (nSPS) is 12.4. The Morgan fingerprint density at radius 2 is 1.09 bits per heavy atom. The summed E-state index contributed by atoms with van der Waals surface area (Å²) in [5.74, 6) is 0.956. The van der Waals surface area contributed by atoms with E-state index >= 15 is 8.78 Å². The standard InChI is InChI=1S/C70H55F2N5O.Pt/c1-43(2)45-31-46(44(3)4)33-47(32-45)56-20-16-21-57(48-34-50(71)37-51(72)35-48)69(56)75-42-74(65-25-14-15-26-66(65)75)52-38-53(76-62-22-11-8-17-58(62)59-18-9-12-23-63(59)76)40-55(39-52)78-54-27-28-61-60-19-10-13-24-64(60)77(67(61)41-54)68-36-49(29-30-73-68)70(5,6)7;/h8-38,40,43-44H,1-7H3;/q;+2.